The Morgan fingerprint density at radius 2 is 1.80 bits per heavy atom. The van der Waals surface area contributed by atoms with E-state index < -0.39 is 18.0 Å². The van der Waals surface area contributed by atoms with Crippen molar-refractivity contribution < 1.29 is 33.3 Å². The van der Waals surface area contributed by atoms with Crippen LogP contribution in [0.25, 0.3) is 6.08 Å². The van der Waals surface area contributed by atoms with Crippen LogP contribution in [0.1, 0.15) is 43.5 Å². The molecule has 49 heavy (non-hydrogen) atoms. The monoisotopic (exact) mass is 880 g/mol. The number of halogens is 3. The molecule has 0 aliphatic carbocycles. The number of nitrogens with zero attached hydrogens (tertiary/aromatic N) is 2. The van der Waals surface area contributed by atoms with Crippen molar-refractivity contribution in [1.29, 1.82) is 0 Å². The number of fused-ring (bicyclic) bond motifs is 1. The van der Waals surface area contributed by atoms with Gasteiger partial charge in [-0.15, -0.1) is 0 Å². The number of thiazole rings is 1. The highest BCUT2D eigenvalue weighted by atomic mass is 127. The Labute approximate surface area is 313 Å². The Bertz CT molecular complexity index is 2090. The Kier molecular flexibility index (Phi) is 12.2. The van der Waals surface area contributed by atoms with Crippen molar-refractivity contribution in [2.75, 3.05) is 26.9 Å². The van der Waals surface area contributed by atoms with Crippen LogP contribution < -0.4 is 29.1 Å². The summed E-state index contributed by atoms with van der Waals surface area (Å²) in [6.45, 7) is 5.73. The SMILES string of the molecule is CCOC(=O)C1=C(C)N=c2s/c(=C\c3cc(Br)c(OCc4ccc(Cl)cc4)c(I)c3)c(=O)n2[C@@H]1c1ccc(OCC(=O)OC)c(OCC)c1. The molecule has 0 saturated carbocycles. The molecule has 4 aromatic rings. The lowest BCUT2D eigenvalue weighted by Crippen LogP contribution is -2.40. The average Bonchev–Trinajstić information content (AvgIpc) is 3.37. The van der Waals surface area contributed by atoms with Gasteiger partial charge in [-0.1, -0.05) is 41.1 Å². The lowest BCUT2D eigenvalue weighted by Gasteiger charge is -2.25. The zero-order valence-corrected chi connectivity index (χ0v) is 32.2. The first kappa shape index (κ1) is 36.6. The molecule has 0 bridgehead atoms. The van der Waals surface area contributed by atoms with E-state index >= 15 is 0 Å². The number of aromatic nitrogens is 1. The molecule has 0 spiro atoms. The lowest BCUT2D eigenvalue weighted by atomic mass is 9.95. The molecule has 3 aromatic carbocycles. The van der Waals surface area contributed by atoms with E-state index in [9.17, 15) is 14.4 Å². The summed E-state index contributed by atoms with van der Waals surface area (Å²) in [5.74, 6) is 0.181. The molecule has 256 valence electrons. The van der Waals surface area contributed by atoms with Gasteiger partial charge < -0.3 is 23.7 Å². The van der Waals surface area contributed by atoms with Crippen LogP contribution in [0.2, 0.25) is 5.02 Å². The number of benzene rings is 3. The molecule has 1 aliphatic heterocycles. The zero-order valence-electron chi connectivity index (χ0n) is 26.9. The molecule has 0 fully saturated rings. The highest BCUT2D eigenvalue weighted by Crippen LogP contribution is 2.37. The number of ether oxygens (including phenoxy) is 5. The third kappa shape index (κ3) is 8.39. The summed E-state index contributed by atoms with van der Waals surface area (Å²) in [4.78, 5) is 44.4. The molecular formula is C35H31BrClIN2O8S. The summed E-state index contributed by atoms with van der Waals surface area (Å²) in [5.41, 5.74) is 2.63. The highest BCUT2D eigenvalue weighted by Gasteiger charge is 2.34. The standard InChI is InChI=1S/C35H31BrClIN2O8S/c1-5-45-27-16-22(9-12-26(27)47-18-29(41)44-4)31-30(34(43)46-6-2)19(3)39-35-40(31)33(42)28(49-35)15-21-13-24(36)32(25(38)14-21)48-17-20-7-10-23(37)11-8-20/h7-16,31H,5-6,17-18H2,1-4H3/b28-15-/t31-/m1/s1. The van der Waals surface area contributed by atoms with Gasteiger partial charge in [0.25, 0.3) is 5.56 Å². The van der Waals surface area contributed by atoms with Crippen LogP contribution in [0.4, 0.5) is 0 Å². The molecule has 0 radical (unpaired) electrons. The fourth-order valence-electron chi connectivity index (χ4n) is 5.07. The van der Waals surface area contributed by atoms with Crippen LogP contribution in [0.5, 0.6) is 17.2 Å². The van der Waals surface area contributed by atoms with Crippen molar-refractivity contribution >= 4 is 79.5 Å². The molecule has 1 aliphatic rings. The Balaban J connectivity index is 1.56. The molecule has 0 amide bonds. The van der Waals surface area contributed by atoms with E-state index in [2.05, 4.69) is 48.3 Å². The fourth-order valence-corrected chi connectivity index (χ4v) is 8.01. The van der Waals surface area contributed by atoms with Gasteiger partial charge in [0, 0.05) is 5.02 Å². The van der Waals surface area contributed by atoms with Gasteiger partial charge >= 0.3 is 11.9 Å². The third-order valence-corrected chi connectivity index (χ3v) is 9.91. The Hall–Kier alpha value is -3.66. The van der Waals surface area contributed by atoms with Crippen molar-refractivity contribution in [3.05, 3.63) is 115 Å². The number of methoxy groups -OCH3 is 1. The summed E-state index contributed by atoms with van der Waals surface area (Å²) < 4.78 is 31.2. The van der Waals surface area contributed by atoms with Gasteiger partial charge in [-0.05, 0) is 118 Å². The van der Waals surface area contributed by atoms with Gasteiger partial charge in [0.1, 0.15) is 12.4 Å². The van der Waals surface area contributed by atoms with Crippen molar-refractivity contribution in [1.82, 2.24) is 4.57 Å². The van der Waals surface area contributed by atoms with E-state index in [1.807, 2.05) is 43.3 Å². The molecule has 5 rings (SSSR count). The molecule has 2 heterocycles. The number of rotatable bonds is 12. The van der Waals surface area contributed by atoms with E-state index in [-0.39, 0.29) is 24.3 Å². The van der Waals surface area contributed by atoms with E-state index in [1.165, 1.54) is 23.0 Å². The predicted octanol–water partition coefficient (Wildman–Crippen LogP) is 6.35. The predicted molar refractivity (Wildman–Crippen MR) is 198 cm³/mol. The van der Waals surface area contributed by atoms with Crippen molar-refractivity contribution in [3.63, 3.8) is 0 Å². The second-order valence-corrected chi connectivity index (χ2v) is 14.0. The Morgan fingerprint density at radius 3 is 2.47 bits per heavy atom. The largest absolute Gasteiger partial charge is 0.490 e. The summed E-state index contributed by atoms with van der Waals surface area (Å²) in [7, 11) is 1.27. The normalized spacial score (nSPS) is 14.2. The van der Waals surface area contributed by atoms with E-state index in [0.717, 1.165) is 19.2 Å². The van der Waals surface area contributed by atoms with Gasteiger partial charge in [0.2, 0.25) is 0 Å². The zero-order chi connectivity index (χ0) is 35.2. The molecule has 0 N–H and O–H groups in total. The minimum atomic E-state index is -0.873. The first-order valence-corrected chi connectivity index (χ1v) is 18.1. The van der Waals surface area contributed by atoms with Gasteiger partial charge in [-0.3, -0.25) is 9.36 Å². The quantitative estimate of drug-likeness (QED) is 0.120. The topological polar surface area (TPSA) is 115 Å². The number of carbonyl (C=O) groups excluding carboxylic acids is 2. The molecule has 1 atom stereocenters. The van der Waals surface area contributed by atoms with Crippen LogP contribution in [0, 0.1) is 3.57 Å². The van der Waals surface area contributed by atoms with Gasteiger partial charge in [0.05, 0.1) is 50.2 Å². The molecule has 14 heteroatoms. The number of esters is 2. The number of hydrogen-bond donors (Lipinski definition) is 0. The number of allylic oxidation sites excluding steroid dienone is 1. The summed E-state index contributed by atoms with van der Waals surface area (Å²) >= 11 is 13.1. The van der Waals surface area contributed by atoms with Crippen molar-refractivity contribution in [2.45, 2.75) is 33.4 Å². The molecule has 10 nitrogen and oxygen atoms in total. The third-order valence-electron chi connectivity index (χ3n) is 7.29. The van der Waals surface area contributed by atoms with Crippen LogP contribution in [0.3, 0.4) is 0 Å². The van der Waals surface area contributed by atoms with Crippen LogP contribution in [-0.2, 0) is 25.7 Å². The maximum Gasteiger partial charge on any atom is 0.343 e. The molecule has 0 unspecified atom stereocenters. The maximum absolute atomic E-state index is 14.2. The minimum Gasteiger partial charge on any atom is -0.490 e. The van der Waals surface area contributed by atoms with E-state index in [1.54, 1.807) is 38.1 Å². The molecule has 0 saturated heterocycles. The number of hydrogen-bond acceptors (Lipinski definition) is 10. The first-order chi connectivity index (χ1) is 23.5. The first-order valence-electron chi connectivity index (χ1n) is 15.1. The average molecular weight is 882 g/mol. The fraction of sp³-hybridized carbons (Fsp3) is 0.257. The van der Waals surface area contributed by atoms with Crippen LogP contribution in [0.15, 0.2) is 80.1 Å². The van der Waals surface area contributed by atoms with Gasteiger partial charge in [0.15, 0.2) is 22.9 Å². The van der Waals surface area contributed by atoms with Crippen molar-refractivity contribution in [3.8, 4) is 17.2 Å². The lowest BCUT2D eigenvalue weighted by molar-refractivity contribution is -0.143. The van der Waals surface area contributed by atoms with E-state index in [0.29, 0.717) is 56.1 Å². The second kappa shape index (κ2) is 16.4. The second-order valence-electron chi connectivity index (χ2n) is 10.5. The smallest absolute Gasteiger partial charge is 0.343 e. The van der Waals surface area contributed by atoms with E-state index in [4.69, 9.17) is 30.5 Å². The van der Waals surface area contributed by atoms with Gasteiger partial charge in [-0.2, -0.15) is 0 Å². The maximum atomic E-state index is 14.2. The highest BCUT2D eigenvalue weighted by molar-refractivity contribution is 14.1. The summed E-state index contributed by atoms with van der Waals surface area (Å²) in [6, 6.07) is 15.4. The summed E-state index contributed by atoms with van der Waals surface area (Å²) in [5, 5.41) is 0.656. The molecular weight excluding hydrogens is 851 g/mol. The van der Waals surface area contributed by atoms with Gasteiger partial charge in [-0.25, -0.2) is 14.6 Å². The van der Waals surface area contributed by atoms with Crippen LogP contribution >= 0.6 is 61.5 Å². The Morgan fingerprint density at radius 1 is 1.04 bits per heavy atom. The summed E-state index contributed by atoms with van der Waals surface area (Å²) in [6.07, 6.45) is 1.79. The number of carbonyl (C=O) groups is 2. The minimum absolute atomic E-state index is 0.143. The van der Waals surface area contributed by atoms with Crippen LogP contribution in [-0.4, -0.2) is 43.4 Å². The van der Waals surface area contributed by atoms with Crippen molar-refractivity contribution in [2.24, 2.45) is 4.99 Å². The molecule has 1 aromatic heterocycles.